The van der Waals surface area contributed by atoms with Crippen LogP contribution in [0.1, 0.15) is 24.3 Å². The Bertz CT molecular complexity index is 559. The van der Waals surface area contributed by atoms with Gasteiger partial charge in [-0.05, 0) is 13.8 Å². The molecule has 7 heteroatoms. The molecule has 1 spiro atoms. The van der Waals surface area contributed by atoms with Crippen LogP contribution < -0.4 is 0 Å². The molecule has 1 aromatic heterocycles. The summed E-state index contributed by atoms with van der Waals surface area (Å²) in [6, 6.07) is 0.430. The Labute approximate surface area is 137 Å². The molecule has 0 aromatic carbocycles. The van der Waals surface area contributed by atoms with Crippen LogP contribution in [0.4, 0.5) is 0 Å². The molecule has 0 bridgehead atoms. The second-order valence-electron chi connectivity index (χ2n) is 6.80. The van der Waals surface area contributed by atoms with E-state index in [4.69, 9.17) is 9.47 Å². The Hall–Kier alpha value is -1.44. The number of hydrogen-bond acceptors (Lipinski definition) is 5. The van der Waals surface area contributed by atoms with Crippen molar-refractivity contribution >= 4 is 5.91 Å². The van der Waals surface area contributed by atoms with Crippen molar-refractivity contribution < 1.29 is 14.3 Å². The summed E-state index contributed by atoms with van der Waals surface area (Å²) in [5.41, 5.74) is 0.0449. The minimum absolute atomic E-state index is 0.0337. The monoisotopic (exact) mass is 322 g/mol. The summed E-state index contributed by atoms with van der Waals surface area (Å²) in [7, 11) is 1.87. The lowest BCUT2D eigenvalue weighted by molar-refractivity contribution is -0.134. The van der Waals surface area contributed by atoms with E-state index in [-0.39, 0.29) is 5.91 Å². The lowest BCUT2D eigenvalue weighted by Crippen LogP contribution is -2.60. The third-order valence-electron chi connectivity index (χ3n) is 4.57. The summed E-state index contributed by atoms with van der Waals surface area (Å²) in [6.07, 6.45) is 3.41. The second kappa shape index (κ2) is 6.59. The fraction of sp³-hybridized carbons (Fsp3) is 0.750. The number of amides is 1. The van der Waals surface area contributed by atoms with Crippen molar-refractivity contribution in [3.8, 4) is 0 Å². The molecule has 3 heterocycles. The van der Waals surface area contributed by atoms with Crippen LogP contribution in [0, 0.1) is 0 Å². The molecule has 0 unspecified atom stereocenters. The summed E-state index contributed by atoms with van der Waals surface area (Å²) >= 11 is 0. The molecule has 0 saturated carbocycles. The van der Waals surface area contributed by atoms with Crippen LogP contribution in [-0.2, 0) is 16.5 Å². The maximum absolute atomic E-state index is 12.7. The summed E-state index contributed by atoms with van der Waals surface area (Å²) < 4.78 is 13.7. The third-order valence-corrected chi connectivity index (χ3v) is 4.57. The highest BCUT2D eigenvalue weighted by molar-refractivity contribution is 5.92. The van der Waals surface area contributed by atoms with Gasteiger partial charge in [0, 0.05) is 38.9 Å². The fourth-order valence-corrected chi connectivity index (χ4v) is 3.26. The van der Waals surface area contributed by atoms with E-state index >= 15 is 0 Å². The number of imidazole rings is 1. The van der Waals surface area contributed by atoms with E-state index in [0.29, 0.717) is 44.6 Å². The lowest BCUT2D eigenvalue weighted by atomic mass is 10.0. The van der Waals surface area contributed by atoms with Gasteiger partial charge in [0.05, 0.1) is 32.7 Å². The number of ether oxygens (including phenoxy) is 2. The van der Waals surface area contributed by atoms with Crippen molar-refractivity contribution in [2.24, 2.45) is 7.05 Å². The molecule has 7 nitrogen and oxygen atoms in total. The van der Waals surface area contributed by atoms with Crippen LogP contribution in [0.15, 0.2) is 12.5 Å². The van der Waals surface area contributed by atoms with Crippen molar-refractivity contribution in [1.29, 1.82) is 0 Å². The minimum Gasteiger partial charge on any atom is -0.377 e. The average Bonchev–Trinajstić information content (AvgIpc) is 2.85. The quantitative estimate of drug-likeness (QED) is 0.787. The summed E-state index contributed by atoms with van der Waals surface area (Å²) in [5.74, 6) is -0.0337. The lowest BCUT2D eigenvalue weighted by Gasteiger charge is -2.43. The zero-order valence-corrected chi connectivity index (χ0v) is 14.2. The van der Waals surface area contributed by atoms with Gasteiger partial charge in [-0.2, -0.15) is 0 Å². The Morgan fingerprint density at radius 2 is 2.13 bits per heavy atom. The van der Waals surface area contributed by atoms with Gasteiger partial charge in [-0.1, -0.05) is 0 Å². The van der Waals surface area contributed by atoms with Crippen molar-refractivity contribution in [3.05, 3.63) is 18.2 Å². The van der Waals surface area contributed by atoms with E-state index in [1.54, 1.807) is 17.1 Å². The number of hydrogen-bond donors (Lipinski definition) is 0. The predicted molar refractivity (Wildman–Crippen MR) is 85.3 cm³/mol. The number of aromatic nitrogens is 2. The van der Waals surface area contributed by atoms with Crippen LogP contribution in [0.2, 0.25) is 0 Å². The molecule has 2 aliphatic heterocycles. The highest BCUT2D eigenvalue weighted by atomic mass is 16.5. The molecule has 2 saturated heterocycles. The van der Waals surface area contributed by atoms with Gasteiger partial charge >= 0.3 is 0 Å². The Balaban J connectivity index is 1.75. The largest absolute Gasteiger partial charge is 0.377 e. The molecule has 0 radical (unpaired) electrons. The van der Waals surface area contributed by atoms with Gasteiger partial charge in [-0.25, -0.2) is 4.98 Å². The van der Waals surface area contributed by atoms with Gasteiger partial charge in [0.15, 0.2) is 0 Å². The number of carbonyl (C=O) groups excluding carboxylic acids is 1. The van der Waals surface area contributed by atoms with Crippen molar-refractivity contribution in [2.45, 2.75) is 25.5 Å². The molecule has 1 aromatic rings. The number of morpholine rings is 1. The van der Waals surface area contributed by atoms with Gasteiger partial charge in [-0.15, -0.1) is 0 Å². The first-order chi connectivity index (χ1) is 11.0. The molecule has 1 atom stereocenters. The average molecular weight is 322 g/mol. The minimum atomic E-state index is -0.441. The molecule has 0 N–H and O–H groups in total. The maximum Gasteiger partial charge on any atom is 0.274 e. The van der Waals surface area contributed by atoms with Crippen LogP contribution in [-0.4, -0.2) is 82.9 Å². The summed E-state index contributed by atoms with van der Waals surface area (Å²) in [4.78, 5) is 21.1. The summed E-state index contributed by atoms with van der Waals surface area (Å²) in [6.45, 7) is 8.96. The molecule has 23 heavy (non-hydrogen) atoms. The molecule has 3 rings (SSSR count). The Kier molecular flexibility index (Phi) is 4.70. The highest BCUT2D eigenvalue weighted by Gasteiger charge is 2.42. The van der Waals surface area contributed by atoms with Crippen LogP contribution >= 0.6 is 0 Å². The molecule has 1 amide bonds. The Morgan fingerprint density at radius 1 is 1.30 bits per heavy atom. The van der Waals surface area contributed by atoms with E-state index in [0.717, 1.165) is 13.1 Å². The first-order valence-electron chi connectivity index (χ1n) is 8.22. The van der Waals surface area contributed by atoms with E-state index in [9.17, 15) is 4.79 Å². The second-order valence-corrected chi connectivity index (χ2v) is 6.80. The van der Waals surface area contributed by atoms with Crippen molar-refractivity contribution in [2.75, 3.05) is 46.0 Å². The predicted octanol–water partition coefficient (Wildman–Crippen LogP) is 0.372. The van der Waals surface area contributed by atoms with E-state index < -0.39 is 5.60 Å². The zero-order chi connectivity index (χ0) is 16.4. The van der Waals surface area contributed by atoms with E-state index in [1.165, 1.54) is 0 Å². The maximum atomic E-state index is 12.7. The molecular weight excluding hydrogens is 296 g/mol. The SMILES string of the molecule is CC(C)N1CCOC[C@]2(CN(C(=O)c3cn(C)cn3)CCO2)C1. The van der Waals surface area contributed by atoms with Crippen LogP contribution in [0.25, 0.3) is 0 Å². The number of aryl methyl sites for hydroxylation is 1. The molecule has 128 valence electrons. The van der Waals surface area contributed by atoms with E-state index in [2.05, 4.69) is 23.7 Å². The number of rotatable bonds is 2. The standard InChI is InChI=1S/C16H26N4O3/c1-13(2)19-4-6-22-11-16(9-19)10-20(5-7-23-16)15(21)14-8-18(3)12-17-14/h8,12-13H,4-7,9-11H2,1-3H3/t16-/m1/s1. The topological polar surface area (TPSA) is 59.8 Å². The van der Waals surface area contributed by atoms with Crippen LogP contribution in [0.5, 0.6) is 0 Å². The molecule has 2 fully saturated rings. The number of carbonyl (C=O) groups is 1. The third kappa shape index (κ3) is 3.57. The smallest absolute Gasteiger partial charge is 0.274 e. The van der Waals surface area contributed by atoms with Crippen molar-refractivity contribution in [3.63, 3.8) is 0 Å². The van der Waals surface area contributed by atoms with Crippen molar-refractivity contribution in [1.82, 2.24) is 19.4 Å². The van der Waals surface area contributed by atoms with Crippen LogP contribution in [0.3, 0.4) is 0 Å². The van der Waals surface area contributed by atoms with Gasteiger partial charge in [0.2, 0.25) is 0 Å². The fourth-order valence-electron chi connectivity index (χ4n) is 3.26. The first-order valence-corrected chi connectivity index (χ1v) is 8.22. The van der Waals surface area contributed by atoms with Gasteiger partial charge in [0.1, 0.15) is 11.3 Å². The Morgan fingerprint density at radius 3 is 2.83 bits per heavy atom. The van der Waals surface area contributed by atoms with E-state index in [1.807, 2.05) is 11.9 Å². The highest BCUT2D eigenvalue weighted by Crippen LogP contribution is 2.24. The summed E-state index contributed by atoms with van der Waals surface area (Å²) in [5, 5.41) is 0. The zero-order valence-electron chi connectivity index (χ0n) is 14.2. The molecule has 2 aliphatic rings. The molecular formula is C16H26N4O3. The van der Waals surface area contributed by atoms with Gasteiger partial charge in [0.25, 0.3) is 5.91 Å². The normalized spacial score (nSPS) is 26.7. The molecule has 0 aliphatic carbocycles. The first kappa shape index (κ1) is 16.4. The van der Waals surface area contributed by atoms with Gasteiger partial charge in [-0.3, -0.25) is 9.69 Å². The van der Waals surface area contributed by atoms with Gasteiger partial charge < -0.3 is 18.9 Å². The number of nitrogens with zero attached hydrogens (tertiary/aromatic N) is 4.